The molecule has 0 saturated heterocycles. The molecule has 10 heteroatoms. The lowest BCUT2D eigenvalue weighted by Gasteiger charge is -2.40. The molecule has 0 aliphatic carbocycles. The zero-order valence-corrected chi connectivity index (χ0v) is 21.5. The molecule has 3 atom stereocenters. The molecule has 2 rings (SSSR count). The number of halogens is 1. The molecule has 2 aromatic rings. The van der Waals surface area contributed by atoms with Crippen molar-refractivity contribution in [2.45, 2.75) is 53.0 Å². The van der Waals surface area contributed by atoms with E-state index in [0.29, 0.717) is 5.56 Å². The number of carbonyl (C=O) groups excluding carboxylic acids is 2. The monoisotopic (exact) mass is 504 g/mol. The number of ether oxygens (including phenoxy) is 3. The Morgan fingerprint density at radius 3 is 2.39 bits per heavy atom. The first-order valence-electron chi connectivity index (χ1n) is 11.4. The topological polar surface area (TPSA) is 124 Å². The Morgan fingerprint density at radius 2 is 1.86 bits per heavy atom. The van der Waals surface area contributed by atoms with E-state index in [2.05, 4.69) is 10.3 Å². The van der Waals surface area contributed by atoms with E-state index in [1.165, 1.54) is 45.4 Å². The number of carboxylic acid groups (broad SMARTS) is 1. The first-order chi connectivity index (χ1) is 16.8. The number of aliphatic carboxylic acids is 1. The molecule has 1 aromatic carbocycles. The predicted octanol–water partition coefficient (Wildman–Crippen LogP) is 4.09. The van der Waals surface area contributed by atoms with Crippen molar-refractivity contribution in [2.24, 2.45) is 11.8 Å². The number of nitrogens with zero attached hydrogens (tertiary/aromatic N) is 1. The number of benzene rings is 1. The summed E-state index contributed by atoms with van der Waals surface area (Å²) >= 11 is 0. The lowest BCUT2D eigenvalue weighted by Crippen LogP contribution is -2.58. The number of methoxy groups -OCH3 is 1. The SMILES string of the molecule is COc1ccnc(C(=O)NC(C)(C(=O)O)[C@@H](C)[C@@H](c2ccc(F)cc2C)C(C)C)c1OCOC(C)=O. The second kappa shape index (κ2) is 11.8. The van der Waals surface area contributed by atoms with Crippen LogP contribution in [0.1, 0.15) is 62.2 Å². The molecular weight excluding hydrogens is 471 g/mol. The zero-order valence-electron chi connectivity index (χ0n) is 21.5. The normalized spacial score (nSPS) is 14.4. The van der Waals surface area contributed by atoms with Crippen molar-refractivity contribution >= 4 is 17.8 Å². The second-order valence-corrected chi connectivity index (χ2v) is 9.11. The van der Waals surface area contributed by atoms with Crippen LogP contribution < -0.4 is 14.8 Å². The Bertz CT molecular complexity index is 1120. The van der Waals surface area contributed by atoms with Gasteiger partial charge in [-0.1, -0.05) is 26.8 Å². The van der Waals surface area contributed by atoms with E-state index in [1.807, 2.05) is 13.8 Å². The van der Waals surface area contributed by atoms with Gasteiger partial charge in [-0.05, 0) is 54.9 Å². The third-order valence-corrected chi connectivity index (χ3v) is 6.34. The van der Waals surface area contributed by atoms with Crippen molar-refractivity contribution in [3.63, 3.8) is 0 Å². The van der Waals surface area contributed by atoms with Crippen molar-refractivity contribution in [2.75, 3.05) is 13.9 Å². The van der Waals surface area contributed by atoms with Gasteiger partial charge < -0.3 is 24.6 Å². The minimum Gasteiger partial charge on any atom is -0.493 e. The average molecular weight is 505 g/mol. The first-order valence-corrected chi connectivity index (χ1v) is 11.4. The molecule has 1 unspecified atom stereocenters. The molecule has 0 saturated carbocycles. The maximum absolute atomic E-state index is 13.8. The number of hydrogen-bond donors (Lipinski definition) is 2. The van der Waals surface area contributed by atoms with Gasteiger partial charge in [-0.15, -0.1) is 0 Å². The molecule has 196 valence electrons. The fraction of sp³-hybridized carbons (Fsp3) is 0.462. The van der Waals surface area contributed by atoms with Crippen molar-refractivity contribution < 1.29 is 38.1 Å². The van der Waals surface area contributed by atoms with Gasteiger partial charge >= 0.3 is 11.9 Å². The minimum atomic E-state index is -1.75. The fourth-order valence-corrected chi connectivity index (χ4v) is 4.30. The first kappa shape index (κ1) is 28.5. The number of nitrogens with one attached hydrogen (secondary N) is 1. The predicted molar refractivity (Wildman–Crippen MR) is 129 cm³/mol. The summed E-state index contributed by atoms with van der Waals surface area (Å²) in [4.78, 5) is 41.1. The van der Waals surface area contributed by atoms with Crippen molar-refractivity contribution in [1.29, 1.82) is 0 Å². The van der Waals surface area contributed by atoms with Gasteiger partial charge in [0.2, 0.25) is 6.79 Å². The van der Waals surface area contributed by atoms with E-state index in [-0.39, 0.29) is 34.8 Å². The highest BCUT2D eigenvalue weighted by atomic mass is 19.1. The van der Waals surface area contributed by atoms with E-state index >= 15 is 0 Å². The summed E-state index contributed by atoms with van der Waals surface area (Å²) in [6, 6.07) is 5.85. The van der Waals surface area contributed by atoms with Crippen LogP contribution in [-0.2, 0) is 14.3 Å². The van der Waals surface area contributed by atoms with Gasteiger partial charge in [-0.2, -0.15) is 0 Å². The molecule has 1 aromatic heterocycles. The fourth-order valence-electron chi connectivity index (χ4n) is 4.30. The number of carbonyl (C=O) groups is 3. The minimum absolute atomic E-state index is 0.0303. The van der Waals surface area contributed by atoms with E-state index in [1.54, 1.807) is 19.9 Å². The van der Waals surface area contributed by atoms with Crippen LogP contribution in [0.4, 0.5) is 4.39 Å². The summed E-state index contributed by atoms with van der Waals surface area (Å²) in [5.41, 5.74) is -0.494. The number of aryl methyl sites for hydroxylation is 1. The van der Waals surface area contributed by atoms with E-state index in [0.717, 1.165) is 5.56 Å². The highest BCUT2D eigenvalue weighted by Gasteiger charge is 2.46. The van der Waals surface area contributed by atoms with Crippen molar-refractivity contribution in [3.8, 4) is 11.5 Å². The van der Waals surface area contributed by atoms with Crippen LogP contribution in [0.5, 0.6) is 11.5 Å². The maximum atomic E-state index is 13.8. The van der Waals surface area contributed by atoms with E-state index < -0.39 is 36.1 Å². The zero-order chi connectivity index (χ0) is 27.2. The lowest BCUT2D eigenvalue weighted by molar-refractivity contribution is -0.148. The van der Waals surface area contributed by atoms with Gasteiger partial charge in [0.05, 0.1) is 7.11 Å². The van der Waals surface area contributed by atoms with Crippen LogP contribution >= 0.6 is 0 Å². The number of esters is 1. The number of rotatable bonds is 11. The molecule has 36 heavy (non-hydrogen) atoms. The lowest BCUT2D eigenvalue weighted by atomic mass is 9.69. The van der Waals surface area contributed by atoms with Crippen LogP contribution in [0.2, 0.25) is 0 Å². The maximum Gasteiger partial charge on any atom is 0.329 e. The van der Waals surface area contributed by atoms with Crippen LogP contribution in [-0.4, -0.2) is 47.4 Å². The van der Waals surface area contributed by atoms with Gasteiger partial charge in [-0.25, -0.2) is 14.2 Å². The van der Waals surface area contributed by atoms with Gasteiger partial charge in [0.25, 0.3) is 5.91 Å². The summed E-state index contributed by atoms with van der Waals surface area (Å²) in [7, 11) is 1.36. The summed E-state index contributed by atoms with van der Waals surface area (Å²) in [5.74, 6) is -3.98. The number of carboxylic acids is 1. The molecule has 2 N–H and O–H groups in total. The van der Waals surface area contributed by atoms with Crippen molar-refractivity contribution in [3.05, 3.63) is 53.1 Å². The highest BCUT2D eigenvalue weighted by molar-refractivity contribution is 5.99. The molecule has 0 fully saturated rings. The van der Waals surface area contributed by atoms with E-state index in [4.69, 9.17) is 14.2 Å². The molecule has 0 aliphatic rings. The molecular formula is C26H33FN2O7. The second-order valence-electron chi connectivity index (χ2n) is 9.11. The summed E-state index contributed by atoms with van der Waals surface area (Å²) in [5, 5.41) is 12.9. The number of hydrogen-bond acceptors (Lipinski definition) is 7. The molecule has 1 amide bonds. The molecule has 0 radical (unpaired) electrons. The quantitative estimate of drug-likeness (QED) is 0.346. The van der Waals surface area contributed by atoms with E-state index in [9.17, 15) is 23.9 Å². The van der Waals surface area contributed by atoms with Gasteiger partial charge in [0, 0.05) is 19.2 Å². The number of amides is 1. The van der Waals surface area contributed by atoms with Gasteiger partial charge in [0.15, 0.2) is 17.2 Å². The summed E-state index contributed by atoms with van der Waals surface area (Å²) < 4.78 is 29.2. The van der Waals surface area contributed by atoms with Gasteiger partial charge in [-0.3, -0.25) is 9.59 Å². The Balaban J connectivity index is 2.47. The smallest absolute Gasteiger partial charge is 0.329 e. The number of pyridine rings is 1. The van der Waals surface area contributed by atoms with Crippen LogP contribution in [0.15, 0.2) is 30.5 Å². The molecule has 0 spiro atoms. The Hall–Kier alpha value is -3.69. The van der Waals surface area contributed by atoms with Gasteiger partial charge in [0.1, 0.15) is 11.4 Å². The standard InChI is InChI=1S/C26H33FN2O7/c1-14(2)21(19-9-8-18(27)12-15(19)3)16(4)26(6,25(32)33)29-24(31)22-23(36-13-35-17(5)30)20(34-7)10-11-28-22/h8-12,14,16,21H,13H2,1-7H3,(H,29,31)(H,32,33)/t16-,21-,26?/m0/s1. The third-order valence-electron chi connectivity index (χ3n) is 6.34. The molecule has 9 nitrogen and oxygen atoms in total. The average Bonchev–Trinajstić information content (AvgIpc) is 2.79. The van der Waals surface area contributed by atoms with Crippen LogP contribution in [0, 0.1) is 24.6 Å². The molecule has 0 aliphatic heterocycles. The molecule has 1 heterocycles. The van der Waals surface area contributed by atoms with Crippen LogP contribution in [0.3, 0.4) is 0 Å². The highest BCUT2D eigenvalue weighted by Crippen LogP contribution is 2.40. The summed E-state index contributed by atoms with van der Waals surface area (Å²) in [6.45, 7) is 9.51. The number of aromatic nitrogens is 1. The van der Waals surface area contributed by atoms with Crippen molar-refractivity contribution in [1.82, 2.24) is 10.3 Å². The third kappa shape index (κ3) is 6.30. The Morgan fingerprint density at radius 1 is 1.19 bits per heavy atom. The molecule has 0 bridgehead atoms. The Kier molecular flexibility index (Phi) is 9.38. The summed E-state index contributed by atoms with van der Waals surface area (Å²) in [6.07, 6.45) is 1.31. The van der Waals surface area contributed by atoms with Crippen LogP contribution in [0.25, 0.3) is 0 Å². The largest absolute Gasteiger partial charge is 0.493 e. The Labute approximate surface area is 210 Å².